The van der Waals surface area contributed by atoms with E-state index in [2.05, 4.69) is 0 Å². The smallest absolute Gasteiger partial charge is 0.175 e. The molecule has 0 saturated carbocycles. The highest BCUT2D eigenvalue weighted by Gasteiger charge is 2.21. The average molecular weight is 298 g/mol. The molecule has 1 aromatic rings. The van der Waals surface area contributed by atoms with E-state index in [1.54, 1.807) is 0 Å². The van der Waals surface area contributed by atoms with Gasteiger partial charge in [-0.25, -0.2) is 8.42 Å². The molecule has 0 unspecified atom stereocenters. The van der Waals surface area contributed by atoms with Crippen molar-refractivity contribution in [3.8, 4) is 0 Å². The fraction of sp³-hybridized carbons (Fsp3) is 0.600. The molecular formula is C15H23NO2S. The van der Waals surface area contributed by atoms with Crippen LogP contribution in [0.2, 0.25) is 0 Å². The first kappa shape index (κ1) is 4.31. The van der Waals surface area contributed by atoms with Gasteiger partial charge in [-0.05, 0) is 55.7 Å². The molecule has 0 amide bonds. The molecule has 1 aliphatic rings. The number of hydrogen-bond donors (Lipinski definition) is 0. The summed E-state index contributed by atoms with van der Waals surface area (Å²) in [5.41, 5.74) is -0.829. The third kappa shape index (κ3) is 3.80. The Balaban J connectivity index is 3.07. The third-order valence-corrected chi connectivity index (χ3v) is 3.41. The van der Waals surface area contributed by atoms with Crippen LogP contribution in [0.15, 0.2) is 29.2 Å². The van der Waals surface area contributed by atoms with Crippen LogP contribution in [0.5, 0.6) is 0 Å². The second-order valence-corrected chi connectivity index (χ2v) is 5.74. The third-order valence-electron chi connectivity index (χ3n) is 2.30. The van der Waals surface area contributed by atoms with Crippen LogP contribution in [-0.2, 0) is 9.84 Å². The molecule has 2 rings (SSSR count). The largest absolute Gasteiger partial charge is 0.303 e. The summed E-state index contributed by atoms with van der Waals surface area (Å²) < 4.78 is 154. The summed E-state index contributed by atoms with van der Waals surface area (Å²) in [4.78, 5) is -1.27. The van der Waals surface area contributed by atoms with E-state index in [0.29, 0.717) is 6.07 Å². The van der Waals surface area contributed by atoms with Crippen LogP contribution in [0.4, 0.5) is 0 Å². The van der Waals surface area contributed by atoms with Crippen molar-refractivity contribution in [2.75, 3.05) is 25.7 Å². The Labute approximate surface area is 139 Å². The number of piperidine rings is 1. The summed E-state index contributed by atoms with van der Waals surface area (Å²) in [6.07, 6.45) is -11.1. The summed E-state index contributed by atoms with van der Waals surface area (Å²) in [5.74, 6) is -3.64. The molecule has 0 aromatic heterocycles. The highest BCUT2D eigenvalue weighted by molar-refractivity contribution is 7.90. The molecule has 4 heteroatoms. The van der Waals surface area contributed by atoms with Gasteiger partial charge in [-0.15, -0.1) is 0 Å². The maximum Gasteiger partial charge on any atom is 0.175 e. The SMILES string of the molecule is [2H]C([2H])([2H])C([2H])([2H])C([2H])([2H])N1C([2H])([2H])C([2H])([2H])C([2H])([2H])[C@@]([2H])(c2cccc(S(C)(=O)=O)c2)C1([2H])[2H]. The summed E-state index contributed by atoms with van der Waals surface area (Å²) in [5, 5.41) is 0. The second-order valence-electron chi connectivity index (χ2n) is 3.72. The van der Waals surface area contributed by atoms with Crippen LogP contribution in [0.3, 0.4) is 0 Å². The minimum Gasteiger partial charge on any atom is -0.303 e. The lowest BCUT2D eigenvalue weighted by molar-refractivity contribution is 0.208. The predicted molar refractivity (Wildman–Crippen MR) is 78.3 cm³/mol. The first-order valence-corrected chi connectivity index (χ1v) is 7.08. The Morgan fingerprint density at radius 3 is 3.21 bits per heavy atom. The number of likely N-dealkylation sites (tertiary alicyclic amines) is 1. The second kappa shape index (κ2) is 6.06. The van der Waals surface area contributed by atoms with Crippen molar-refractivity contribution in [2.24, 2.45) is 0 Å². The zero-order chi connectivity index (χ0) is 28.1. The fourth-order valence-corrected chi connectivity index (χ4v) is 2.11. The van der Waals surface area contributed by atoms with E-state index in [1.807, 2.05) is 0 Å². The number of benzene rings is 1. The van der Waals surface area contributed by atoms with Gasteiger partial charge in [0.1, 0.15) is 0 Å². The topological polar surface area (TPSA) is 37.4 Å². The maximum absolute atomic E-state index is 12.0. The Hall–Kier alpha value is -0.870. The standard InChI is InChI=1S/C15H23NO2S/c1-3-9-16-10-5-7-14(12-16)13-6-4-8-15(11-13)19(2,17)18/h4,6,8,11,14H,3,5,7,9-10,12H2,1-2H3/t14-/m1/s1/i1D3,3D2,5D2,7D2,9D2,10D2,12D2,14D. The van der Waals surface area contributed by atoms with E-state index < -0.39 is 76.6 Å². The van der Waals surface area contributed by atoms with Gasteiger partial charge in [0.2, 0.25) is 0 Å². The minimum atomic E-state index is -4.18. The molecule has 0 bridgehead atoms. The summed E-state index contributed by atoms with van der Waals surface area (Å²) in [6.45, 7) is -16.1. The van der Waals surface area contributed by atoms with Gasteiger partial charge < -0.3 is 4.90 Å². The van der Waals surface area contributed by atoms with Gasteiger partial charge in [0.15, 0.2) is 9.84 Å². The van der Waals surface area contributed by atoms with Gasteiger partial charge in [-0.2, -0.15) is 0 Å². The van der Waals surface area contributed by atoms with Crippen molar-refractivity contribution in [3.63, 3.8) is 0 Å². The Morgan fingerprint density at radius 2 is 2.47 bits per heavy atom. The number of hydrogen-bond acceptors (Lipinski definition) is 3. The van der Waals surface area contributed by atoms with Crippen LogP contribution in [-0.4, -0.2) is 39.1 Å². The lowest BCUT2D eigenvalue weighted by Crippen LogP contribution is -2.34. The van der Waals surface area contributed by atoms with Crippen molar-refractivity contribution < 1.29 is 30.3 Å². The first-order chi connectivity index (χ1) is 15.1. The van der Waals surface area contributed by atoms with Gasteiger partial charge in [0.25, 0.3) is 0 Å². The molecule has 1 aliphatic heterocycles. The zero-order valence-electron chi connectivity index (χ0n) is 26.0. The molecule has 0 aliphatic carbocycles. The van der Waals surface area contributed by atoms with Gasteiger partial charge >= 0.3 is 0 Å². The molecule has 1 heterocycles. The Morgan fingerprint density at radius 1 is 1.63 bits per heavy atom. The Bertz CT molecular complexity index is 1110. The minimum absolute atomic E-state index is 0.533. The molecule has 0 N–H and O–H groups in total. The lowest BCUT2D eigenvalue weighted by Gasteiger charge is -2.32. The van der Waals surface area contributed by atoms with Crippen molar-refractivity contribution >= 4 is 9.84 Å². The molecule has 106 valence electrons. The van der Waals surface area contributed by atoms with Gasteiger partial charge in [0, 0.05) is 34.7 Å². The monoisotopic (exact) mass is 297 g/mol. The maximum atomic E-state index is 12.0. The Kier molecular flexibility index (Phi) is 1.37. The zero-order valence-corrected chi connectivity index (χ0v) is 10.8. The predicted octanol–water partition coefficient (Wildman–Crippen LogP) is 2.68. The van der Waals surface area contributed by atoms with Gasteiger partial charge in [0.05, 0.1) is 4.90 Å². The molecule has 1 fully saturated rings. The molecule has 0 spiro atoms. The van der Waals surface area contributed by atoms with E-state index in [-0.39, 0.29) is 0 Å². The first-order valence-electron chi connectivity index (χ1n) is 13.2. The fourth-order valence-electron chi connectivity index (χ4n) is 1.44. The highest BCUT2D eigenvalue weighted by Crippen LogP contribution is 2.28. The molecule has 1 atom stereocenters. The van der Waals surface area contributed by atoms with Gasteiger partial charge in [-0.3, -0.25) is 0 Å². The summed E-state index contributed by atoms with van der Waals surface area (Å²) in [7, 11) is -4.02. The van der Waals surface area contributed by atoms with E-state index in [0.717, 1.165) is 24.5 Å². The van der Waals surface area contributed by atoms with Crippen LogP contribution in [0, 0.1) is 0 Å². The highest BCUT2D eigenvalue weighted by atomic mass is 32.2. The average Bonchev–Trinajstić information content (AvgIpc) is 2.63. The van der Waals surface area contributed by atoms with Crippen molar-refractivity contribution in [1.82, 2.24) is 4.90 Å². The van der Waals surface area contributed by atoms with Crippen LogP contribution in [0.1, 0.15) is 59.4 Å². The van der Waals surface area contributed by atoms with Crippen LogP contribution >= 0.6 is 0 Å². The molecule has 3 nitrogen and oxygen atoms in total. The summed E-state index contributed by atoms with van der Waals surface area (Å²) >= 11 is 0. The number of sulfone groups is 1. The van der Waals surface area contributed by atoms with Crippen molar-refractivity contribution in [1.29, 1.82) is 0 Å². The molecule has 0 radical (unpaired) electrons. The van der Waals surface area contributed by atoms with E-state index >= 15 is 0 Å². The van der Waals surface area contributed by atoms with E-state index in [4.69, 9.17) is 21.9 Å². The van der Waals surface area contributed by atoms with E-state index in [9.17, 15) is 8.42 Å². The van der Waals surface area contributed by atoms with E-state index in [1.165, 1.54) is 0 Å². The number of nitrogens with zero attached hydrogens (tertiary/aromatic N) is 1. The van der Waals surface area contributed by atoms with Crippen molar-refractivity contribution in [2.45, 2.75) is 36.8 Å². The molecular weight excluding hydrogens is 258 g/mol. The molecule has 1 saturated heterocycles. The normalized spacial score (nSPS) is 50.6. The molecule has 1 aromatic carbocycles. The quantitative estimate of drug-likeness (QED) is 0.857. The molecule has 19 heavy (non-hydrogen) atoms. The number of rotatable bonds is 4. The van der Waals surface area contributed by atoms with Crippen LogP contribution in [0.25, 0.3) is 0 Å². The van der Waals surface area contributed by atoms with Crippen LogP contribution < -0.4 is 0 Å². The lowest BCUT2D eigenvalue weighted by atomic mass is 9.90. The van der Waals surface area contributed by atoms with Crippen molar-refractivity contribution in [3.05, 3.63) is 29.8 Å². The summed E-state index contributed by atoms with van der Waals surface area (Å²) in [6, 6.07) is 3.53. The van der Waals surface area contributed by atoms with Gasteiger partial charge in [-0.1, -0.05) is 19.0 Å².